The smallest absolute Gasteiger partial charge is 0.250 e. The number of hydrogen-bond acceptors (Lipinski definition) is 6. The summed E-state index contributed by atoms with van der Waals surface area (Å²) in [5.74, 6) is 0.908. The van der Waals surface area contributed by atoms with Crippen LogP contribution in [0, 0.1) is 17.1 Å². The largest absolute Gasteiger partial charge is 0.471 e. The van der Waals surface area contributed by atoms with Gasteiger partial charge in [0.05, 0.1) is 41.9 Å². The number of fused-ring (bicyclic) bond motifs is 1. The minimum Gasteiger partial charge on any atom is -0.471 e. The molecular formula is C31H32FN5O2. The number of halogens is 1. The Morgan fingerprint density at radius 3 is 2.59 bits per heavy atom. The Morgan fingerprint density at radius 1 is 1.00 bits per heavy atom. The van der Waals surface area contributed by atoms with Crippen molar-refractivity contribution in [1.29, 1.82) is 5.26 Å². The van der Waals surface area contributed by atoms with Gasteiger partial charge in [-0.15, -0.1) is 0 Å². The molecule has 0 radical (unpaired) electrons. The average molecular weight is 526 g/mol. The molecule has 6 rings (SSSR count). The summed E-state index contributed by atoms with van der Waals surface area (Å²) in [6.45, 7) is 4.54. The van der Waals surface area contributed by atoms with Crippen molar-refractivity contribution < 1.29 is 13.9 Å². The van der Waals surface area contributed by atoms with E-state index in [1.54, 1.807) is 18.2 Å². The first-order valence-corrected chi connectivity index (χ1v) is 13.7. The second kappa shape index (κ2) is 11.5. The van der Waals surface area contributed by atoms with Crippen LogP contribution in [-0.4, -0.2) is 45.2 Å². The minimum atomic E-state index is -0.463. The Kier molecular flexibility index (Phi) is 7.53. The first-order chi connectivity index (χ1) is 19.2. The maximum atomic E-state index is 14.5. The van der Waals surface area contributed by atoms with Crippen molar-refractivity contribution in [3.63, 3.8) is 0 Å². The second-order valence-electron chi connectivity index (χ2n) is 10.4. The number of nitriles is 1. The van der Waals surface area contributed by atoms with E-state index >= 15 is 0 Å². The Balaban J connectivity index is 1.09. The quantitative estimate of drug-likeness (QED) is 0.299. The Bertz CT molecular complexity index is 1460. The van der Waals surface area contributed by atoms with Gasteiger partial charge in [-0.1, -0.05) is 24.3 Å². The van der Waals surface area contributed by atoms with Crippen LogP contribution in [0.1, 0.15) is 54.2 Å². The number of rotatable bonds is 8. The topological polar surface area (TPSA) is 76.2 Å². The van der Waals surface area contributed by atoms with Gasteiger partial charge in [0.15, 0.2) is 5.82 Å². The van der Waals surface area contributed by atoms with Gasteiger partial charge in [-0.25, -0.2) is 14.4 Å². The lowest BCUT2D eigenvalue weighted by Crippen LogP contribution is -2.34. The predicted octanol–water partition coefficient (Wildman–Crippen LogP) is 5.58. The molecule has 0 aliphatic carbocycles. The van der Waals surface area contributed by atoms with Gasteiger partial charge in [-0.2, -0.15) is 5.26 Å². The molecule has 2 aromatic carbocycles. The molecule has 2 saturated heterocycles. The van der Waals surface area contributed by atoms with E-state index in [0.717, 1.165) is 81.1 Å². The molecule has 0 unspecified atom stereocenters. The molecule has 2 aliphatic rings. The number of benzene rings is 2. The predicted molar refractivity (Wildman–Crippen MR) is 146 cm³/mol. The van der Waals surface area contributed by atoms with Gasteiger partial charge < -0.3 is 14.0 Å². The monoisotopic (exact) mass is 525 g/mol. The molecule has 2 aliphatic heterocycles. The van der Waals surface area contributed by atoms with Gasteiger partial charge in [0.25, 0.3) is 5.88 Å². The van der Waals surface area contributed by atoms with Gasteiger partial charge in [0.1, 0.15) is 12.4 Å². The van der Waals surface area contributed by atoms with Gasteiger partial charge in [0.2, 0.25) is 0 Å². The summed E-state index contributed by atoms with van der Waals surface area (Å²) in [5.41, 5.74) is 4.51. The average Bonchev–Trinajstić information content (AvgIpc) is 3.62. The molecule has 2 aromatic heterocycles. The third kappa shape index (κ3) is 5.80. The summed E-state index contributed by atoms with van der Waals surface area (Å²) in [6, 6.07) is 20.7. The minimum absolute atomic E-state index is 0.0298. The molecule has 2 fully saturated rings. The maximum absolute atomic E-state index is 14.5. The van der Waals surface area contributed by atoms with Gasteiger partial charge >= 0.3 is 0 Å². The van der Waals surface area contributed by atoms with Crippen LogP contribution in [0.2, 0.25) is 0 Å². The summed E-state index contributed by atoms with van der Waals surface area (Å²) < 4.78 is 28.5. The summed E-state index contributed by atoms with van der Waals surface area (Å²) in [4.78, 5) is 12.0. The van der Waals surface area contributed by atoms with Gasteiger partial charge in [-0.05, 0) is 80.7 Å². The molecule has 8 heteroatoms. The van der Waals surface area contributed by atoms with E-state index in [-0.39, 0.29) is 24.5 Å². The zero-order chi connectivity index (χ0) is 26.6. The zero-order valence-corrected chi connectivity index (χ0v) is 21.9. The molecule has 39 heavy (non-hydrogen) atoms. The Labute approximate surface area is 227 Å². The molecule has 1 atom stereocenters. The fourth-order valence-electron chi connectivity index (χ4n) is 5.62. The van der Waals surface area contributed by atoms with Crippen LogP contribution in [-0.2, 0) is 24.4 Å². The SMILES string of the molecule is N#Cc1ccc(COc2nc(C3CCN(Cc4nc5ccccc5n4C[C@@H]4CCCO4)CC3)ccc2F)cc1. The molecule has 200 valence electrons. The molecule has 0 saturated carbocycles. The first-order valence-electron chi connectivity index (χ1n) is 13.7. The van der Waals surface area contributed by atoms with Crippen LogP contribution in [0.3, 0.4) is 0 Å². The number of hydrogen-bond donors (Lipinski definition) is 0. The molecule has 4 heterocycles. The summed E-state index contributed by atoms with van der Waals surface area (Å²) >= 11 is 0. The van der Waals surface area contributed by atoms with Crippen LogP contribution in [0.4, 0.5) is 4.39 Å². The third-order valence-electron chi connectivity index (χ3n) is 7.81. The lowest BCUT2D eigenvalue weighted by atomic mass is 9.93. The molecule has 7 nitrogen and oxygen atoms in total. The molecule has 0 N–H and O–H groups in total. The number of likely N-dealkylation sites (tertiary alicyclic amines) is 1. The van der Waals surface area contributed by atoms with E-state index in [2.05, 4.69) is 38.7 Å². The lowest BCUT2D eigenvalue weighted by molar-refractivity contribution is 0.0960. The third-order valence-corrected chi connectivity index (χ3v) is 7.81. The highest BCUT2D eigenvalue weighted by Gasteiger charge is 2.25. The Morgan fingerprint density at radius 2 is 1.82 bits per heavy atom. The Hall–Kier alpha value is -3.80. The van der Waals surface area contributed by atoms with E-state index in [9.17, 15) is 4.39 Å². The summed E-state index contributed by atoms with van der Waals surface area (Å²) in [6.07, 6.45) is 4.37. The number of pyridine rings is 1. The van der Waals surface area contributed by atoms with Crippen LogP contribution < -0.4 is 4.74 Å². The van der Waals surface area contributed by atoms with E-state index in [0.29, 0.717) is 5.56 Å². The summed E-state index contributed by atoms with van der Waals surface area (Å²) in [7, 11) is 0. The van der Waals surface area contributed by atoms with E-state index in [4.69, 9.17) is 19.7 Å². The van der Waals surface area contributed by atoms with Crippen molar-refractivity contribution in [2.75, 3.05) is 19.7 Å². The lowest BCUT2D eigenvalue weighted by Gasteiger charge is -2.31. The number of para-hydroxylation sites is 2. The van der Waals surface area contributed by atoms with Crippen LogP contribution in [0.5, 0.6) is 5.88 Å². The number of piperidine rings is 1. The van der Waals surface area contributed by atoms with E-state index < -0.39 is 5.82 Å². The van der Waals surface area contributed by atoms with Crippen LogP contribution in [0.25, 0.3) is 11.0 Å². The zero-order valence-electron chi connectivity index (χ0n) is 21.9. The fourth-order valence-corrected chi connectivity index (χ4v) is 5.62. The summed E-state index contributed by atoms with van der Waals surface area (Å²) in [5, 5.41) is 8.96. The van der Waals surface area contributed by atoms with Crippen molar-refractivity contribution in [3.05, 3.63) is 89.1 Å². The van der Waals surface area contributed by atoms with Gasteiger partial charge in [-0.3, -0.25) is 4.90 Å². The van der Waals surface area contributed by atoms with Crippen molar-refractivity contribution >= 4 is 11.0 Å². The van der Waals surface area contributed by atoms with Crippen LogP contribution >= 0.6 is 0 Å². The highest BCUT2D eigenvalue weighted by atomic mass is 19.1. The van der Waals surface area contributed by atoms with Crippen molar-refractivity contribution in [2.45, 2.75) is 57.4 Å². The van der Waals surface area contributed by atoms with Crippen molar-refractivity contribution in [2.24, 2.45) is 0 Å². The van der Waals surface area contributed by atoms with Crippen molar-refractivity contribution in [3.8, 4) is 11.9 Å². The standard InChI is InChI=1S/C31H32FN5O2/c32-26-11-12-27(35-31(26)39-21-23-9-7-22(18-33)8-10-23)24-13-15-36(16-14-24)20-30-34-28-5-1-2-6-29(28)37(30)19-25-4-3-17-38-25/h1-2,5-12,24-25H,3-4,13-17,19-21H2/t25-/m0/s1. The normalized spacial score (nSPS) is 18.4. The molecule has 0 amide bonds. The number of imidazole rings is 1. The second-order valence-corrected chi connectivity index (χ2v) is 10.4. The van der Waals surface area contributed by atoms with E-state index in [1.807, 2.05) is 18.2 Å². The van der Waals surface area contributed by atoms with Gasteiger partial charge in [0, 0.05) is 18.2 Å². The number of nitrogens with zero attached hydrogens (tertiary/aromatic N) is 5. The number of aromatic nitrogens is 3. The van der Waals surface area contributed by atoms with E-state index in [1.165, 1.54) is 11.6 Å². The molecule has 0 spiro atoms. The molecule has 0 bridgehead atoms. The maximum Gasteiger partial charge on any atom is 0.250 e. The highest BCUT2D eigenvalue weighted by molar-refractivity contribution is 5.75. The first kappa shape index (κ1) is 25.5. The highest BCUT2D eigenvalue weighted by Crippen LogP contribution is 2.30. The fraction of sp³-hybridized carbons (Fsp3) is 0.387. The molecular weight excluding hydrogens is 493 g/mol. The molecule has 4 aromatic rings. The van der Waals surface area contributed by atoms with Crippen LogP contribution in [0.15, 0.2) is 60.7 Å². The van der Waals surface area contributed by atoms with Crippen molar-refractivity contribution in [1.82, 2.24) is 19.4 Å². The number of ether oxygens (including phenoxy) is 2.